The molecule has 9 heteroatoms. The molecule has 1 aliphatic rings. The summed E-state index contributed by atoms with van der Waals surface area (Å²) >= 11 is 1.62. The summed E-state index contributed by atoms with van der Waals surface area (Å²) in [5.41, 5.74) is 1.43. The molecule has 0 radical (unpaired) electrons. The van der Waals surface area contributed by atoms with Crippen molar-refractivity contribution < 1.29 is 22.0 Å². The van der Waals surface area contributed by atoms with E-state index >= 15 is 0 Å². The Morgan fingerprint density at radius 1 is 1.10 bits per heavy atom. The number of halogens is 2. The van der Waals surface area contributed by atoms with Crippen LogP contribution in [0.25, 0.3) is 0 Å². The van der Waals surface area contributed by atoms with Crippen molar-refractivity contribution in [3.8, 4) is 0 Å². The second-order valence-electron chi connectivity index (χ2n) is 6.95. The molecule has 2 aromatic carbocycles. The quantitative estimate of drug-likeness (QED) is 0.647. The minimum Gasteiger partial charge on any atom is -0.348 e. The molecule has 0 aliphatic carbocycles. The molecule has 0 saturated heterocycles. The molecule has 0 atom stereocenters. The Morgan fingerprint density at radius 2 is 1.87 bits per heavy atom. The number of fused-ring (bicyclic) bond motifs is 1. The van der Waals surface area contributed by atoms with E-state index in [0.717, 1.165) is 23.8 Å². The number of benzene rings is 2. The summed E-state index contributed by atoms with van der Waals surface area (Å²) in [6.45, 7) is 0.609. The van der Waals surface area contributed by atoms with Crippen LogP contribution < -0.4 is 5.32 Å². The van der Waals surface area contributed by atoms with E-state index in [1.807, 2.05) is 11.4 Å². The Kier molecular flexibility index (Phi) is 5.68. The molecule has 1 aromatic heterocycles. The van der Waals surface area contributed by atoms with Crippen LogP contribution in [0.1, 0.15) is 26.4 Å². The SMILES string of the molecule is O=C(NCc1cc(F)cc(F)c1)c1cccc(S(=O)(=O)N2CCc3sccc3C2)c1. The predicted octanol–water partition coefficient (Wildman–Crippen LogP) is 3.70. The molecule has 1 aliphatic heterocycles. The number of nitrogens with zero attached hydrogens (tertiary/aromatic N) is 1. The highest BCUT2D eigenvalue weighted by molar-refractivity contribution is 7.89. The number of hydrogen-bond acceptors (Lipinski definition) is 4. The van der Waals surface area contributed by atoms with E-state index in [2.05, 4.69) is 5.32 Å². The van der Waals surface area contributed by atoms with E-state index in [-0.39, 0.29) is 22.6 Å². The number of hydrogen-bond donors (Lipinski definition) is 1. The Bertz CT molecular complexity index is 1190. The zero-order valence-corrected chi connectivity index (χ0v) is 17.4. The normalized spacial score (nSPS) is 14.3. The fourth-order valence-corrected chi connectivity index (χ4v) is 5.73. The summed E-state index contributed by atoms with van der Waals surface area (Å²) in [6.07, 6.45) is 0.663. The third-order valence-corrected chi connectivity index (χ3v) is 7.75. The van der Waals surface area contributed by atoms with Crippen LogP contribution >= 0.6 is 11.3 Å². The van der Waals surface area contributed by atoms with Crippen LogP contribution in [0.15, 0.2) is 58.8 Å². The molecule has 0 saturated carbocycles. The molecule has 3 aromatic rings. The molecule has 4 rings (SSSR count). The van der Waals surface area contributed by atoms with Crippen LogP contribution in [-0.2, 0) is 29.5 Å². The average molecular weight is 449 g/mol. The van der Waals surface area contributed by atoms with Crippen molar-refractivity contribution in [3.05, 3.63) is 87.1 Å². The van der Waals surface area contributed by atoms with Crippen LogP contribution in [-0.4, -0.2) is 25.2 Å². The van der Waals surface area contributed by atoms with E-state index < -0.39 is 27.6 Å². The fourth-order valence-electron chi connectivity index (χ4n) is 3.37. The van der Waals surface area contributed by atoms with Crippen LogP contribution in [0.5, 0.6) is 0 Å². The van der Waals surface area contributed by atoms with E-state index in [1.165, 1.54) is 33.4 Å². The van der Waals surface area contributed by atoms with Crippen molar-refractivity contribution in [2.24, 2.45) is 0 Å². The first kappa shape index (κ1) is 20.6. The summed E-state index contributed by atoms with van der Waals surface area (Å²) in [7, 11) is -3.76. The van der Waals surface area contributed by atoms with Crippen molar-refractivity contribution in [1.82, 2.24) is 9.62 Å². The van der Waals surface area contributed by atoms with E-state index in [0.29, 0.717) is 19.5 Å². The molecule has 0 fully saturated rings. The smallest absolute Gasteiger partial charge is 0.251 e. The van der Waals surface area contributed by atoms with Crippen molar-refractivity contribution in [3.63, 3.8) is 0 Å². The molecule has 0 bridgehead atoms. The topological polar surface area (TPSA) is 66.5 Å². The molecule has 1 amide bonds. The van der Waals surface area contributed by atoms with Crippen molar-refractivity contribution in [2.45, 2.75) is 24.4 Å². The zero-order valence-electron chi connectivity index (χ0n) is 15.8. The number of nitrogens with one attached hydrogen (secondary N) is 1. The summed E-state index contributed by atoms with van der Waals surface area (Å²) in [6, 6.07) is 10.7. The monoisotopic (exact) mass is 448 g/mol. The minimum atomic E-state index is -3.76. The Labute approximate surface area is 177 Å². The van der Waals surface area contributed by atoms with Gasteiger partial charge in [-0.3, -0.25) is 4.79 Å². The van der Waals surface area contributed by atoms with Gasteiger partial charge in [-0.05, 0) is 59.3 Å². The molecular weight excluding hydrogens is 430 g/mol. The second-order valence-corrected chi connectivity index (χ2v) is 9.88. The van der Waals surface area contributed by atoms with Gasteiger partial charge in [0.15, 0.2) is 0 Å². The van der Waals surface area contributed by atoms with E-state index in [4.69, 9.17) is 0 Å². The number of sulfonamides is 1. The van der Waals surface area contributed by atoms with E-state index in [9.17, 15) is 22.0 Å². The maximum Gasteiger partial charge on any atom is 0.251 e. The van der Waals surface area contributed by atoms with Crippen molar-refractivity contribution in [1.29, 1.82) is 0 Å². The molecule has 0 unspecified atom stereocenters. The standard InChI is InChI=1S/C21H18F2N2O3S2/c22-17-8-14(9-18(23)11-17)12-24-21(26)15-2-1-3-19(10-15)30(27,28)25-6-4-20-16(13-25)5-7-29-20/h1-3,5,7-11H,4,6,12-13H2,(H,24,26). The number of carbonyl (C=O) groups excluding carboxylic acids is 1. The van der Waals surface area contributed by atoms with Gasteiger partial charge in [0.25, 0.3) is 5.91 Å². The molecular formula is C21H18F2N2O3S2. The molecule has 5 nitrogen and oxygen atoms in total. The van der Waals surface area contributed by atoms with Crippen LogP contribution in [0.2, 0.25) is 0 Å². The number of thiophene rings is 1. The lowest BCUT2D eigenvalue weighted by Crippen LogP contribution is -2.35. The van der Waals surface area contributed by atoms with Gasteiger partial charge in [0, 0.05) is 36.1 Å². The molecule has 0 spiro atoms. The Morgan fingerprint density at radius 3 is 2.63 bits per heavy atom. The summed E-state index contributed by atoms with van der Waals surface area (Å²) in [4.78, 5) is 13.7. The fraction of sp³-hybridized carbons (Fsp3) is 0.190. The zero-order chi connectivity index (χ0) is 21.3. The van der Waals surface area contributed by atoms with Gasteiger partial charge < -0.3 is 5.32 Å². The maximum atomic E-state index is 13.3. The van der Waals surface area contributed by atoms with Gasteiger partial charge in [-0.25, -0.2) is 17.2 Å². The first-order valence-electron chi connectivity index (χ1n) is 9.21. The summed E-state index contributed by atoms with van der Waals surface area (Å²) < 4.78 is 54.1. The first-order valence-corrected chi connectivity index (χ1v) is 11.5. The predicted molar refractivity (Wildman–Crippen MR) is 110 cm³/mol. The van der Waals surface area contributed by atoms with E-state index in [1.54, 1.807) is 11.3 Å². The Hall–Kier alpha value is -2.62. The van der Waals surface area contributed by atoms with Gasteiger partial charge in [-0.1, -0.05) is 6.07 Å². The highest BCUT2D eigenvalue weighted by Gasteiger charge is 2.29. The lowest BCUT2D eigenvalue weighted by atomic mass is 10.1. The third kappa shape index (κ3) is 4.28. The average Bonchev–Trinajstić information content (AvgIpc) is 3.19. The van der Waals surface area contributed by atoms with Gasteiger partial charge in [0.05, 0.1) is 4.90 Å². The largest absolute Gasteiger partial charge is 0.348 e. The maximum absolute atomic E-state index is 13.3. The van der Waals surface area contributed by atoms with Crippen LogP contribution in [0.4, 0.5) is 8.78 Å². The van der Waals surface area contributed by atoms with Crippen molar-refractivity contribution in [2.75, 3.05) is 6.54 Å². The number of rotatable bonds is 5. The summed E-state index contributed by atoms with van der Waals surface area (Å²) in [5, 5.41) is 4.51. The van der Waals surface area contributed by atoms with Gasteiger partial charge in [0.2, 0.25) is 10.0 Å². The molecule has 156 valence electrons. The minimum absolute atomic E-state index is 0.0330. The first-order chi connectivity index (χ1) is 14.3. The van der Waals surface area contributed by atoms with Crippen LogP contribution in [0.3, 0.4) is 0 Å². The van der Waals surface area contributed by atoms with Crippen molar-refractivity contribution >= 4 is 27.3 Å². The Balaban J connectivity index is 1.49. The van der Waals surface area contributed by atoms with Gasteiger partial charge in [-0.2, -0.15) is 4.31 Å². The lowest BCUT2D eigenvalue weighted by molar-refractivity contribution is 0.0950. The number of amides is 1. The van der Waals surface area contributed by atoms with Gasteiger partial charge in [-0.15, -0.1) is 11.3 Å². The van der Waals surface area contributed by atoms with Gasteiger partial charge in [0.1, 0.15) is 11.6 Å². The molecule has 30 heavy (non-hydrogen) atoms. The van der Waals surface area contributed by atoms with Crippen LogP contribution in [0, 0.1) is 11.6 Å². The lowest BCUT2D eigenvalue weighted by Gasteiger charge is -2.26. The molecule has 2 heterocycles. The number of carbonyl (C=O) groups is 1. The van der Waals surface area contributed by atoms with Gasteiger partial charge >= 0.3 is 0 Å². The second kappa shape index (κ2) is 8.25. The summed E-state index contributed by atoms with van der Waals surface area (Å²) in [5.74, 6) is -2.00. The third-order valence-electron chi connectivity index (χ3n) is 4.88. The molecule has 1 N–H and O–H groups in total. The highest BCUT2D eigenvalue weighted by atomic mass is 32.2. The highest BCUT2D eigenvalue weighted by Crippen LogP contribution is 2.28.